The molecule has 2 unspecified atom stereocenters. The highest BCUT2D eigenvalue weighted by molar-refractivity contribution is 5.97. The van der Waals surface area contributed by atoms with E-state index in [0.29, 0.717) is 18.7 Å². The Hall–Kier alpha value is -3.75. The number of benzene rings is 3. The average molecular weight is 550 g/mol. The number of H-pyrrole nitrogens is 2. The molecule has 3 aromatic carbocycles. The van der Waals surface area contributed by atoms with Gasteiger partial charge in [-0.15, -0.1) is 0 Å². The Labute approximate surface area is 241 Å². The molecule has 8 nitrogen and oxygen atoms in total. The van der Waals surface area contributed by atoms with E-state index in [1.807, 2.05) is 0 Å². The standard InChI is InChI=1S/C33H39N7O/c1-22-6-5-7-23(2)40(22)16-17-41-28-12-10-24-18-26(9-8-25(24)19-28)32-29-20-27(11-13-30(29)35-37-32)33-34-31(36-38-33)21-39-14-3-4-15-39/h8-13,18-20,22-23H,3-7,14-17,21H2,1-2H3,(H,35,37)(H,34,36,38). The van der Waals surface area contributed by atoms with Crippen molar-refractivity contribution in [1.82, 2.24) is 35.2 Å². The van der Waals surface area contributed by atoms with E-state index in [9.17, 15) is 0 Å². The highest BCUT2D eigenvalue weighted by Gasteiger charge is 2.24. The molecule has 0 aliphatic carbocycles. The molecular formula is C33H39N7O. The number of fused-ring (bicyclic) bond motifs is 2. The van der Waals surface area contributed by atoms with Crippen molar-refractivity contribution in [3.63, 3.8) is 0 Å². The Balaban J connectivity index is 1.08. The SMILES string of the molecule is CC1CCCC(C)N1CCOc1ccc2cc(-c3n[nH]c4ccc(-c5n[nH]c(CN6CCCC6)n5)cc34)ccc2c1. The van der Waals surface area contributed by atoms with Crippen molar-refractivity contribution in [2.75, 3.05) is 26.2 Å². The lowest BCUT2D eigenvalue weighted by atomic mass is 9.98. The first-order valence-corrected chi connectivity index (χ1v) is 15.2. The smallest absolute Gasteiger partial charge is 0.181 e. The summed E-state index contributed by atoms with van der Waals surface area (Å²) >= 11 is 0. The number of piperidine rings is 1. The molecule has 5 aromatic rings. The zero-order valence-corrected chi connectivity index (χ0v) is 24.1. The normalized spacial score (nSPS) is 20.3. The second-order valence-corrected chi connectivity index (χ2v) is 11.9. The number of aromatic nitrogens is 5. The van der Waals surface area contributed by atoms with E-state index in [4.69, 9.17) is 9.72 Å². The maximum absolute atomic E-state index is 6.19. The fourth-order valence-corrected chi connectivity index (χ4v) is 6.67. The first-order valence-electron chi connectivity index (χ1n) is 15.2. The van der Waals surface area contributed by atoms with Gasteiger partial charge in [0.15, 0.2) is 5.82 Å². The fourth-order valence-electron chi connectivity index (χ4n) is 6.67. The Morgan fingerprint density at radius 1 is 0.829 bits per heavy atom. The number of hydrogen-bond acceptors (Lipinski definition) is 6. The van der Waals surface area contributed by atoms with Crippen molar-refractivity contribution in [3.8, 4) is 28.4 Å². The van der Waals surface area contributed by atoms with Crippen LogP contribution in [0.3, 0.4) is 0 Å². The molecule has 0 amide bonds. The molecule has 2 N–H and O–H groups in total. The molecule has 2 aliphatic heterocycles. The van der Waals surface area contributed by atoms with Gasteiger partial charge >= 0.3 is 0 Å². The summed E-state index contributed by atoms with van der Waals surface area (Å²) in [5.41, 5.74) is 3.99. The maximum atomic E-state index is 6.19. The van der Waals surface area contributed by atoms with Gasteiger partial charge in [-0.3, -0.25) is 20.0 Å². The maximum Gasteiger partial charge on any atom is 0.181 e. The number of ether oxygens (including phenoxy) is 1. The van der Waals surface area contributed by atoms with Crippen molar-refractivity contribution < 1.29 is 4.74 Å². The van der Waals surface area contributed by atoms with Gasteiger partial charge in [0.05, 0.1) is 17.8 Å². The van der Waals surface area contributed by atoms with Crippen LogP contribution in [-0.4, -0.2) is 73.5 Å². The number of rotatable bonds is 8. The summed E-state index contributed by atoms with van der Waals surface area (Å²) in [4.78, 5) is 9.80. The molecule has 2 aliphatic rings. The minimum atomic E-state index is 0.638. The van der Waals surface area contributed by atoms with Crippen molar-refractivity contribution in [2.24, 2.45) is 0 Å². The summed E-state index contributed by atoms with van der Waals surface area (Å²) in [5, 5.41) is 18.9. The molecule has 212 valence electrons. The van der Waals surface area contributed by atoms with Gasteiger partial charge in [-0.25, -0.2) is 4.98 Å². The molecule has 0 bridgehead atoms. The van der Waals surface area contributed by atoms with Gasteiger partial charge < -0.3 is 4.74 Å². The predicted molar refractivity (Wildman–Crippen MR) is 164 cm³/mol. The van der Waals surface area contributed by atoms with Crippen LogP contribution in [0.4, 0.5) is 0 Å². The van der Waals surface area contributed by atoms with Gasteiger partial charge in [0.25, 0.3) is 0 Å². The van der Waals surface area contributed by atoms with Crippen LogP contribution >= 0.6 is 0 Å². The second-order valence-electron chi connectivity index (χ2n) is 11.9. The second kappa shape index (κ2) is 11.3. The summed E-state index contributed by atoms with van der Waals surface area (Å²) < 4.78 is 6.19. The molecule has 2 fully saturated rings. The van der Waals surface area contributed by atoms with Crippen molar-refractivity contribution in [2.45, 2.75) is 64.6 Å². The summed E-state index contributed by atoms with van der Waals surface area (Å²) in [6, 6.07) is 20.4. The Morgan fingerprint density at radius 2 is 1.61 bits per heavy atom. The van der Waals surface area contributed by atoms with E-state index < -0.39 is 0 Å². The van der Waals surface area contributed by atoms with Crippen LogP contribution in [0, 0.1) is 0 Å². The number of hydrogen-bond donors (Lipinski definition) is 2. The topological polar surface area (TPSA) is 86.0 Å². The quantitative estimate of drug-likeness (QED) is 0.233. The van der Waals surface area contributed by atoms with E-state index in [1.54, 1.807) is 0 Å². The first kappa shape index (κ1) is 26.2. The molecule has 7 rings (SSSR count). The lowest BCUT2D eigenvalue weighted by Gasteiger charge is -2.38. The lowest BCUT2D eigenvalue weighted by Crippen LogP contribution is -2.45. The molecule has 0 radical (unpaired) electrons. The van der Waals surface area contributed by atoms with E-state index in [1.165, 1.54) is 37.5 Å². The van der Waals surface area contributed by atoms with Crippen LogP contribution in [0.25, 0.3) is 44.3 Å². The minimum absolute atomic E-state index is 0.638. The fraction of sp³-hybridized carbons (Fsp3) is 0.424. The lowest BCUT2D eigenvalue weighted by molar-refractivity contribution is 0.0852. The Kier molecular flexibility index (Phi) is 7.19. The van der Waals surface area contributed by atoms with Gasteiger partial charge in [-0.05, 0) is 99.8 Å². The number of aromatic amines is 2. The Bertz CT molecular complexity index is 1640. The van der Waals surface area contributed by atoms with Crippen LogP contribution in [-0.2, 0) is 6.54 Å². The Morgan fingerprint density at radius 3 is 2.46 bits per heavy atom. The largest absolute Gasteiger partial charge is 0.492 e. The van der Waals surface area contributed by atoms with Gasteiger partial charge in [0, 0.05) is 35.1 Å². The summed E-state index contributed by atoms with van der Waals surface area (Å²) in [5.74, 6) is 2.57. The summed E-state index contributed by atoms with van der Waals surface area (Å²) in [7, 11) is 0. The molecule has 41 heavy (non-hydrogen) atoms. The van der Waals surface area contributed by atoms with Crippen LogP contribution in [0.5, 0.6) is 5.75 Å². The van der Waals surface area contributed by atoms with E-state index in [2.05, 4.69) is 98.6 Å². The zero-order valence-electron chi connectivity index (χ0n) is 24.1. The minimum Gasteiger partial charge on any atom is -0.492 e. The molecule has 4 heterocycles. The van der Waals surface area contributed by atoms with Gasteiger partial charge in [0.1, 0.15) is 18.2 Å². The number of likely N-dealkylation sites (tertiary alicyclic amines) is 2. The van der Waals surface area contributed by atoms with Crippen LogP contribution < -0.4 is 4.74 Å². The molecule has 0 spiro atoms. The zero-order chi connectivity index (χ0) is 27.8. The van der Waals surface area contributed by atoms with E-state index >= 15 is 0 Å². The van der Waals surface area contributed by atoms with Crippen LogP contribution in [0.15, 0.2) is 54.6 Å². The molecule has 2 saturated heterocycles. The molecule has 2 aromatic heterocycles. The van der Waals surface area contributed by atoms with E-state index in [-0.39, 0.29) is 0 Å². The third-order valence-electron chi connectivity index (χ3n) is 9.00. The van der Waals surface area contributed by atoms with Gasteiger partial charge in [-0.2, -0.15) is 10.2 Å². The highest BCUT2D eigenvalue weighted by Crippen LogP contribution is 2.32. The van der Waals surface area contributed by atoms with Crippen molar-refractivity contribution in [1.29, 1.82) is 0 Å². The molecule has 2 atom stereocenters. The van der Waals surface area contributed by atoms with Gasteiger partial charge in [0.2, 0.25) is 0 Å². The first-order chi connectivity index (χ1) is 20.1. The average Bonchev–Trinajstić information content (AvgIpc) is 3.76. The number of nitrogens with zero attached hydrogens (tertiary/aromatic N) is 5. The van der Waals surface area contributed by atoms with E-state index in [0.717, 1.165) is 76.7 Å². The molecular weight excluding hydrogens is 510 g/mol. The third kappa shape index (κ3) is 5.46. The monoisotopic (exact) mass is 549 g/mol. The van der Waals surface area contributed by atoms with Crippen LogP contribution in [0.2, 0.25) is 0 Å². The predicted octanol–water partition coefficient (Wildman–Crippen LogP) is 6.41. The van der Waals surface area contributed by atoms with Crippen molar-refractivity contribution in [3.05, 3.63) is 60.4 Å². The highest BCUT2D eigenvalue weighted by atomic mass is 16.5. The van der Waals surface area contributed by atoms with Crippen LogP contribution in [0.1, 0.15) is 51.8 Å². The summed E-state index contributed by atoms with van der Waals surface area (Å²) in [6.45, 7) is 9.47. The number of nitrogens with one attached hydrogen (secondary N) is 2. The van der Waals surface area contributed by atoms with Gasteiger partial charge in [-0.1, -0.05) is 24.6 Å². The molecule has 0 saturated carbocycles. The summed E-state index contributed by atoms with van der Waals surface area (Å²) in [6.07, 6.45) is 6.44. The van der Waals surface area contributed by atoms with Crippen molar-refractivity contribution >= 4 is 21.7 Å². The molecule has 8 heteroatoms. The third-order valence-corrected chi connectivity index (χ3v) is 9.00.